The second-order valence-corrected chi connectivity index (χ2v) is 7.55. The van der Waals surface area contributed by atoms with Crippen LogP contribution >= 0.6 is 23.4 Å². The molecule has 1 fully saturated rings. The maximum atomic E-state index is 12.1. The number of aromatic nitrogens is 2. The third-order valence-corrected chi connectivity index (χ3v) is 5.46. The van der Waals surface area contributed by atoms with Gasteiger partial charge in [-0.05, 0) is 36.6 Å². The molecule has 0 saturated heterocycles. The maximum Gasteiger partial charge on any atom is 0.263 e. The molecule has 7 heteroatoms. The van der Waals surface area contributed by atoms with Crippen molar-refractivity contribution < 1.29 is 4.79 Å². The molecule has 5 nitrogen and oxygen atoms in total. The minimum absolute atomic E-state index is 0.0770. The summed E-state index contributed by atoms with van der Waals surface area (Å²) in [5.41, 5.74) is 0.835. The van der Waals surface area contributed by atoms with Crippen LogP contribution in [0.25, 0.3) is 0 Å². The first-order valence-electron chi connectivity index (χ1n) is 8.33. The van der Waals surface area contributed by atoms with E-state index in [-0.39, 0.29) is 17.0 Å². The fourth-order valence-electron chi connectivity index (χ4n) is 2.40. The number of nitrogens with zero attached hydrogens (tertiary/aromatic N) is 1. The van der Waals surface area contributed by atoms with E-state index in [4.69, 9.17) is 11.6 Å². The number of hydrogen-bond acceptors (Lipinski definition) is 4. The Hall–Kier alpha value is -1.79. The molecule has 3 rings (SSSR count). The van der Waals surface area contributed by atoms with Gasteiger partial charge < -0.3 is 10.3 Å². The van der Waals surface area contributed by atoms with Crippen molar-refractivity contribution in [2.75, 3.05) is 12.3 Å². The molecule has 1 saturated carbocycles. The van der Waals surface area contributed by atoms with Crippen LogP contribution in [0.2, 0.25) is 5.02 Å². The number of rotatable bonds is 8. The lowest BCUT2D eigenvalue weighted by atomic mass is 10.2. The molecule has 0 spiro atoms. The van der Waals surface area contributed by atoms with E-state index in [1.807, 2.05) is 24.3 Å². The summed E-state index contributed by atoms with van der Waals surface area (Å²) in [5.74, 6) is 2.44. The topological polar surface area (TPSA) is 74.8 Å². The Kier molecular flexibility index (Phi) is 6.15. The molecule has 25 heavy (non-hydrogen) atoms. The number of aromatic amines is 1. The minimum Gasteiger partial charge on any atom is -0.352 e. The van der Waals surface area contributed by atoms with Gasteiger partial charge in [0, 0.05) is 29.4 Å². The molecular weight excluding hydrogens is 358 g/mol. The van der Waals surface area contributed by atoms with Crippen molar-refractivity contribution >= 4 is 29.3 Å². The summed E-state index contributed by atoms with van der Waals surface area (Å²) in [7, 11) is 0. The van der Waals surface area contributed by atoms with E-state index >= 15 is 0 Å². The summed E-state index contributed by atoms with van der Waals surface area (Å²) in [6.07, 6.45) is 4.32. The van der Waals surface area contributed by atoms with Crippen molar-refractivity contribution in [2.45, 2.75) is 30.9 Å². The van der Waals surface area contributed by atoms with Gasteiger partial charge in [-0.2, -0.15) is 11.8 Å². The second kappa shape index (κ2) is 8.54. The smallest absolute Gasteiger partial charge is 0.263 e. The summed E-state index contributed by atoms with van der Waals surface area (Å²) < 4.78 is 0. The molecule has 132 valence electrons. The Morgan fingerprint density at radius 2 is 2.16 bits per heavy atom. The SMILES string of the molecule is O=C(NCCCSCc1ccccc1Cl)c1cnc(C2CC2)[nH]c1=O. The average Bonchev–Trinajstić information content (AvgIpc) is 3.44. The van der Waals surface area contributed by atoms with Gasteiger partial charge in [-0.25, -0.2) is 4.98 Å². The lowest BCUT2D eigenvalue weighted by Gasteiger charge is -2.06. The fraction of sp³-hybridized carbons (Fsp3) is 0.389. The predicted molar refractivity (Wildman–Crippen MR) is 101 cm³/mol. The van der Waals surface area contributed by atoms with Crippen molar-refractivity contribution in [3.05, 3.63) is 62.8 Å². The molecule has 0 bridgehead atoms. The van der Waals surface area contributed by atoms with E-state index in [0.717, 1.165) is 41.4 Å². The highest BCUT2D eigenvalue weighted by molar-refractivity contribution is 7.98. The molecule has 2 aromatic rings. The van der Waals surface area contributed by atoms with Crippen LogP contribution in [0.5, 0.6) is 0 Å². The van der Waals surface area contributed by atoms with Crippen LogP contribution in [0.15, 0.2) is 35.3 Å². The summed E-state index contributed by atoms with van der Waals surface area (Å²) >= 11 is 7.88. The van der Waals surface area contributed by atoms with Crippen molar-refractivity contribution in [3.8, 4) is 0 Å². The van der Waals surface area contributed by atoms with Crippen LogP contribution in [0.4, 0.5) is 0 Å². The Morgan fingerprint density at radius 1 is 1.36 bits per heavy atom. The zero-order valence-electron chi connectivity index (χ0n) is 13.8. The first-order valence-corrected chi connectivity index (χ1v) is 9.87. The highest BCUT2D eigenvalue weighted by atomic mass is 35.5. The Labute approximate surface area is 155 Å². The molecule has 0 unspecified atom stereocenters. The molecule has 2 N–H and O–H groups in total. The summed E-state index contributed by atoms with van der Waals surface area (Å²) in [5, 5.41) is 3.56. The normalized spacial score (nSPS) is 13.6. The number of nitrogens with one attached hydrogen (secondary N) is 2. The fourth-order valence-corrected chi connectivity index (χ4v) is 3.65. The number of carbonyl (C=O) groups excluding carboxylic acids is 1. The number of hydrogen-bond donors (Lipinski definition) is 2. The lowest BCUT2D eigenvalue weighted by molar-refractivity contribution is 0.0952. The highest BCUT2D eigenvalue weighted by Gasteiger charge is 2.26. The lowest BCUT2D eigenvalue weighted by Crippen LogP contribution is -2.31. The van der Waals surface area contributed by atoms with Crippen molar-refractivity contribution in [1.82, 2.24) is 15.3 Å². The molecule has 1 aromatic carbocycles. The average molecular weight is 378 g/mol. The number of benzene rings is 1. The maximum absolute atomic E-state index is 12.1. The van der Waals surface area contributed by atoms with Crippen LogP contribution in [-0.4, -0.2) is 28.2 Å². The zero-order chi connectivity index (χ0) is 17.6. The van der Waals surface area contributed by atoms with Crippen LogP contribution in [0.3, 0.4) is 0 Å². The molecule has 0 aliphatic heterocycles. The zero-order valence-corrected chi connectivity index (χ0v) is 15.3. The molecular formula is C18H20ClN3O2S. The third kappa shape index (κ3) is 5.09. The number of halogens is 1. The molecule has 1 aliphatic carbocycles. The quantitative estimate of drug-likeness (QED) is 0.692. The second-order valence-electron chi connectivity index (χ2n) is 6.04. The van der Waals surface area contributed by atoms with Gasteiger partial charge in [-0.1, -0.05) is 29.8 Å². The van der Waals surface area contributed by atoms with Gasteiger partial charge in [0.2, 0.25) is 0 Å². The van der Waals surface area contributed by atoms with Gasteiger partial charge in [-0.3, -0.25) is 9.59 Å². The van der Waals surface area contributed by atoms with Crippen molar-refractivity contribution in [3.63, 3.8) is 0 Å². The van der Waals surface area contributed by atoms with Gasteiger partial charge in [0.25, 0.3) is 11.5 Å². The van der Waals surface area contributed by atoms with Crippen LogP contribution < -0.4 is 10.9 Å². The molecule has 1 heterocycles. The Balaban J connectivity index is 1.38. The van der Waals surface area contributed by atoms with Gasteiger partial charge in [-0.15, -0.1) is 0 Å². The van der Waals surface area contributed by atoms with E-state index < -0.39 is 0 Å². The number of thioether (sulfide) groups is 1. The van der Waals surface area contributed by atoms with E-state index in [9.17, 15) is 9.59 Å². The number of H-pyrrole nitrogens is 1. The van der Waals surface area contributed by atoms with Gasteiger partial charge in [0.15, 0.2) is 0 Å². The van der Waals surface area contributed by atoms with Crippen molar-refractivity contribution in [2.24, 2.45) is 0 Å². The predicted octanol–water partition coefficient (Wildman–Crippen LogP) is 3.35. The van der Waals surface area contributed by atoms with Gasteiger partial charge in [0.05, 0.1) is 0 Å². The van der Waals surface area contributed by atoms with E-state index in [0.29, 0.717) is 18.3 Å². The third-order valence-electron chi connectivity index (χ3n) is 3.99. The molecule has 1 amide bonds. The molecule has 0 radical (unpaired) electrons. The van der Waals surface area contributed by atoms with E-state index in [1.165, 1.54) is 6.20 Å². The Bertz CT molecular complexity index is 805. The van der Waals surface area contributed by atoms with E-state index in [2.05, 4.69) is 15.3 Å². The number of amides is 1. The molecule has 1 aromatic heterocycles. The van der Waals surface area contributed by atoms with Crippen LogP contribution in [-0.2, 0) is 5.75 Å². The van der Waals surface area contributed by atoms with Gasteiger partial charge in [0.1, 0.15) is 11.4 Å². The molecule has 0 atom stereocenters. The first kappa shape index (κ1) is 18.0. The minimum atomic E-state index is -0.368. The largest absolute Gasteiger partial charge is 0.352 e. The summed E-state index contributed by atoms with van der Waals surface area (Å²) in [6, 6.07) is 7.79. The van der Waals surface area contributed by atoms with Gasteiger partial charge >= 0.3 is 0 Å². The highest BCUT2D eigenvalue weighted by Crippen LogP contribution is 2.37. The summed E-state index contributed by atoms with van der Waals surface area (Å²) in [6.45, 7) is 0.526. The standard InChI is InChI=1S/C18H20ClN3O2S/c19-15-5-2-1-4-13(15)11-25-9-3-8-20-17(23)14-10-21-16(12-6-7-12)22-18(14)24/h1-2,4-5,10,12H,3,6-9,11H2,(H,20,23)(H,21,22,24). The molecule has 1 aliphatic rings. The number of carbonyl (C=O) groups is 1. The summed E-state index contributed by atoms with van der Waals surface area (Å²) in [4.78, 5) is 30.9. The first-order chi connectivity index (χ1) is 12.1. The monoisotopic (exact) mass is 377 g/mol. The van der Waals surface area contributed by atoms with Crippen LogP contribution in [0, 0.1) is 0 Å². The van der Waals surface area contributed by atoms with Crippen molar-refractivity contribution in [1.29, 1.82) is 0 Å². The Morgan fingerprint density at radius 3 is 2.88 bits per heavy atom. The van der Waals surface area contributed by atoms with E-state index in [1.54, 1.807) is 11.8 Å². The van der Waals surface area contributed by atoms with Crippen LogP contribution in [0.1, 0.15) is 46.9 Å².